The minimum atomic E-state index is 0.0883. The Morgan fingerprint density at radius 2 is 2.25 bits per heavy atom. The number of carbonyl (C=O) groups is 1. The molecule has 1 aromatic heterocycles. The highest BCUT2D eigenvalue weighted by atomic mass is 16.2. The monoisotopic (exact) mass is 271 g/mol. The number of hydrogen-bond donors (Lipinski definition) is 2. The number of aromatic amines is 1. The van der Waals surface area contributed by atoms with Crippen molar-refractivity contribution in [3.63, 3.8) is 0 Å². The van der Waals surface area contributed by atoms with Crippen LogP contribution >= 0.6 is 0 Å². The molecule has 0 radical (unpaired) electrons. The largest absolute Gasteiger partial charge is 0.336 e. The maximum Gasteiger partial charge on any atom is 0.317 e. The van der Waals surface area contributed by atoms with Gasteiger partial charge in [-0.2, -0.15) is 5.10 Å². The highest BCUT2D eigenvalue weighted by molar-refractivity contribution is 5.81. The van der Waals surface area contributed by atoms with E-state index < -0.39 is 0 Å². The van der Waals surface area contributed by atoms with Crippen LogP contribution in [0.15, 0.2) is 24.4 Å². The van der Waals surface area contributed by atoms with E-state index in [2.05, 4.69) is 38.6 Å². The first-order valence-electron chi connectivity index (χ1n) is 6.99. The summed E-state index contributed by atoms with van der Waals surface area (Å²) in [6.45, 7) is 4.44. The van der Waals surface area contributed by atoms with Crippen LogP contribution in [-0.2, 0) is 6.54 Å². The molecular formula is C14H17N5O. The van der Waals surface area contributed by atoms with E-state index in [9.17, 15) is 4.79 Å². The maximum atomic E-state index is 11.6. The SMILES string of the molecule is O=C1NCCN1C1CN(Cc2cccc3cn[nH]c23)C1. The van der Waals surface area contributed by atoms with E-state index in [0.717, 1.165) is 43.6 Å². The van der Waals surface area contributed by atoms with Gasteiger partial charge in [-0.1, -0.05) is 18.2 Å². The number of hydrogen-bond acceptors (Lipinski definition) is 3. The lowest BCUT2D eigenvalue weighted by atomic mass is 10.0. The second-order valence-corrected chi connectivity index (χ2v) is 5.52. The number of urea groups is 1. The normalized spacial score (nSPS) is 20.4. The third-order valence-corrected chi connectivity index (χ3v) is 4.23. The van der Waals surface area contributed by atoms with E-state index in [1.807, 2.05) is 11.1 Å². The lowest BCUT2D eigenvalue weighted by molar-refractivity contribution is 0.0591. The zero-order chi connectivity index (χ0) is 13.5. The maximum absolute atomic E-state index is 11.6. The fourth-order valence-electron chi connectivity index (χ4n) is 3.11. The molecule has 104 valence electrons. The molecule has 0 unspecified atom stereocenters. The average molecular weight is 271 g/mol. The molecule has 0 saturated carbocycles. The van der Waals surface area contributed by atoms with Gasteiger partial charge in [0, 0.05) is 38.1 Å². The summed E-state index contributed by atoms with van der Waals surface area (Å²) in [7, 11) is 0. The summed E-state index contributed by atoms with van der Waals surface area (Å²) in [6.07, 6.45) is 1.85. The summed E-state index contributed by atoms with van der Waals surface area (Å²) in [5, 5.41) is 11.2. The summed E-state index contributed by atoms with van der Waals surface area (Å²) in [5.74, 6) is 0. The van der Waals surface area contributed by atoms with Crippen LogP contribution in [0.5, 0.6) is 0 Å². The third-order valence-electron chi connectivity index (χ3n) is 4.23. The molecular weight excluding hydrogens is 254 g/mol. The molecule has 1 aromatic carbocycles. The summed E-state index contributed by atoms with van der Waals surface area (Å²) in [5.41, 5.74) is 2.39. The number of rotatable bonds is 3. The van der Waals surface area contributed by atoms with E-state index in [-0.39, 0.29) is 6.03 Å². The predicted molar refractivity (Wildman–Crippen MR) is 75.3 cm³/mol. The fraction of sp³-hybridized carbons (Fsp3) is 0.429. The molecule has 6 heteroatoms. The molecule has 2 amide bonds. The van der Waals surface area contributed by atoms with Crippen LogP contribution in [0, 0.1) is 0 Å². The van der Waals surface area contributed by atoms with E-state index in [4.69, 9.17) is 0 Å². The number of benzene rings is 1. The lowest BCUT2D eigenvalue weighted by Crippen LogP contribution is -2.59. The number of aromatic nitrogens is 2. The van der Waals surface area contributed by atoms with Gasteiger partial charge in [0.15, 0.2) is 0 Å². The standard InChI is InChI=1S/C14H17N5O/c20-14-15-4-5-19(14)12-8-18(9-12)7-11-3-1-2-10-6-16-17-13(10)11/h1-3,6,12H,4-5,7-9H2,(H,15,20)(H,16,17). The zero-order valence-corrected chi connectivity index (χ0v) is 11.2. The number of carbonyl (C=O) groups excluding carboxylic acids is 1. The second-order valence-electron chi connectivity index (χ2n) is 5.52. The predicted octanol–water partition coefficient (Wildman–Crippen LogP) is 0.772. The minimum Gasteiger partial charge on any atom is -0.336 e. The Balaban J connectivity index is 1.42. The molecule has 0 bridgehead atoms. The minimum absolute atomic E-state index is 0.0883. The first kappa shape index (κ1) is 11.7. The second kappa shape index (κ2) is 4.49. The number of likely N-dealkylation sites (tertiary alicyclic amines) is 1. The molecule has 6 nitrogen and oxygen atoms in total. The van der Waals surface area contributed by atoms with Gasteiger partial charge in [-0.25, -0.2) is 4.79 Å². The van der Waals surface area contributed by atoms with Gasteiger partial charge < -0.3 is 10.2 Å². The molecule has 2 N–H and O–H groups in total. The molecule has 0 aliphatic carbocycles. The van der Waals surface area contributed by atoms with Gasteiger partial charge in [0.25, 0.3) is 0 Å². The first-order valence-corrected chi connectivity index (χ1v) is 6.99. The lowest BCUT2D eigenvalue weighted by Gasteiger charge is -2.43. The van der Waals surface area contributed by atoms with Crippen molar-refractivity contribution in [3.8, 4) is 0 Å². The van der Waals surface area contributed by atoms with E-state index in [0.29, 0.717) is 6.04 Å². The Morgan fingerprint density at radius 1 is 1.35 bits per heavy atom. The molecule has 3 heterocycles. The smallest absolute Gasteiger partial charge is 0.317 e. The van der Waals surface area contributed by atoms with Crippen LogP contribution in [0.3, 0.4) is 0 Å². The summed E-state index contributed by atoms with van der Waals surface area (Å²) < 4.78 is 0. The van der Waals surface area contributed by atoms with Crippen molar-refractivity contribution in [2.24, 2.45) is 0 Å². The van der Waals surface area contributed by atoms with Crippen molar-refractivity contribution in [1.29, 1.82) is 0 Å². The molecule has 0 spiro atoms. The van der Waals surface area contributed by atoms with Gasteiger partial charge in [-0.15, -0.1) is 0 Å². The van der Waals surface area contributed by atoms with Gasteiger partial charge in [-0.3, -0.25) is 10.00 Å². The number of para-hydroxylation sites is 1. The summed E-state index contributed by atoms with van der Waals surface area (Å²) >= 11 is 0. The van der Waals surface area contributed by atoms with Gasteiger partial charge in [0.1, 0.15) is 0 Å². The molecule has 4 rings (SSSR count). The Bertz CT molecular complexity index is 646. The summed E-state index contributed by atoms with van der Waals surface area (Å²) in [4.78, 5) is 15.9. The Morgan fingerprint density at radius 3 is 3.05 bits per heavy atom. The molecule has 0 atom stereocenters. The summed E-state index contributed by atoms with van der Waals surface area (Å²) in [6, 6.07) is 6.73. The molecule has 2 saturated heterocycles. The Labute approximate surface area is 116 Å². The van der Waals surface area contributed by atoms with Crippen LogP contribution in [0.25, 0.3) is 10.9 Å². The van der Waals surface area contributed by atoms with Crippen molar-refractivity contribution in [2.75, 3.05) is 26.2 Å². The van der Waals surface area contributed by atoms with Crippen molar-refractivity contribution in [1.82, 2.24) is 25.3 Å². The van der Waals surface area contributed by atoms with Gasteiger partial charge >= 0.3 is 6.03 Å². The van der Waals surface area contributed by atoms with Crippen molar-refractivity contribution >= 4 is 16.9 Å². The molecule has 2 aromatic rings. The van der Waals surface area contributed by atoms with E-state index in [1.54, 1.807) is 0 Å². The third kappa shape index (κ3) is 1.84. The molecule has 20 heavy (non-hydrogen) atoms. The topological polar surface area (TPSA) is 64.3 Å². The van der Waals surface area contributed by atoms with E-state index in [1.165, 1.54) is 5.56 Å². The van der Waals surface area contributed by atoms with Gasteiger partial charge in [0.2, 0.25) is 0 Å². The van der Waals surface area contributed by atoms with Gasteiger partial charge in [-0.05, 0) is 5.56 Å². The van der Waals surface area contributed by atoms with E-state index >= 15 is 0 Å². The van der Waals surface area contributed by atoms with Crippen LogP contribution in [-0.4, -0.2) is 58.2 Å². The average Bonchev–Trinajstić information content (AvgIpc) is 3.02. The van der Waals surface area contributed by atoms with Crippen molar-refractivity contribution in [3.05, 3.63) is 30.0 Å². The van der Waals surface area contributed by atoms with Crippen LogP contribution in [0.2, 0.25) is 0 Å². The fourth-order valence-corrected chi connectivity index (χ4v) is 3.11. The number of nitrogens with zero attached hydrogens (tertiary/aromatic N) is 3. The van der Waals surface area contributed by atoms with Crippen molar-refractivity contribution in [2.45, 2.75) is 12.6 Å². The number of amides is 2. The first-order chi connectivity index (χ1) is 9.81. The highest BCUT2D eigenvalue weighted by Gasteiger charge is 2.36. The highest BCUT2D eigenvalue weighted by Crippen LogP contribution is 2.22. The molecule has 2 aliphatic rings. The van der Waals surface area contributed by atoms with Crippen LogP contribution in [0.1, 0.15) is 5.56 Å². The number of fused-ring (bicyclic) bond motifs is 1. The van der Waals surface area contributed by atoms with Gasteiger partial charge in [0.05, 0.1) is 17.8 Å². The Hall–Kier alpha value is -2.08. The quantitative estimate of drug-likeness (QED) is 0.867. The molecule has 2 fully saturated rings. The zero-order valence-electron chi connectivity index (χ0n) is 11.2. The Kier molecular flexibility index (Phi) is 2.63. The van der Waals surface area contributed by atoms with Crippen LogP contribution in [0.4, 0.5) is 4.79 Å². The molecule has 2 aliphatic heterocycles. The number of H-pyrrole nitrogens is 1. The van der Waals surface area contributed by atoms with Crippen molar-refractivity contribution < 1.29 is 4.79 Å². The van der Waals surface area contributed by atoms with Crippen LogP contribution < -0.4 is 5.32 Å². The number of nitrogens with one attached hydrogen (secondary N) is 2.